The molecule has 0 atom stereocenters. The number of aromatic amines is 1. The lowest BCUT2D eigenvalue weighted by atomic mass is 10.3. The molecule has 1 aliphatic carbocycles. The molecule has 2 aromatic heterocycles. The molecule has 8 heteroatoms. The molecule has 20 heavy (non-hydrogen) atoms. The van der Waals surface area contributed by atoms with E-state index in [1.807, 2.05) is 0 Å². The molecule has 1 saturated carbocycles. The Hall–Kier alpha value is -2.38. The summed E-state index contributed by atoms with van der Waals surface area (Å²) < 4.78 is 0. The van der Waals surface area contributed by atoms with E-state index in [2.05, 4.69) is 36.1 Å². The van der Waals surface area contributed by atoms with Crippen molar-refractivity contribution in [2.75, 3.05) is 30.8 Å². The highest BCUT2D eigenvalue weighted by Gasteiger charge is 2.28. The number of H-pyrrole nitrogens is 1. The number of aromatic nitrogens is 4. The Bertz CT molecular complexity index is 619. The number of anilines is 2. The summed E-state index contributed by atoms with van der Waals surface area (Å²) in [7, 11) is 1.76. The highest BCUT2D eigenvalue weighted by molar-refractivity contribution is 5.87. The van der Waals surface area contributed by atoms with E-state index >= 15 is 0 Å². The number of hydrogen-bond acceptors (Lipinski definition) is 6. The number of rotatable bonds is 6. The minimum Gasteiger partial charge on any atom is -0.368 e. The van der Waals surface area contributed by atoms with Crippen LogP contribution >= 0.6 is 0 Å². The quantitative estimate of drug-likeness (QED) is 0.566. The number of carbonyl (C=O) groups is 1. The highest BCUT2D eigenvalue weighted by Crippen LogP contribution is 2.28. The molecule has 0 unspecified atom stereocenters. The molecule has 0 radical (unpaired) electrons. The van der Waals surface area contributed by atoms with Gasteiger partial charge in [-0.2, -0.15) is 15.1 Å². The fourth-order valence-electron chi connectivity index (χ4n) is 1.94. The lowest BCUT2D eigenvalue weighted by Gasteiger charge is -2.09. The molecule has 8 nitrogen and oxygen atoms in total. The van der Waals surface area contributed by atoms with Gasteiger partial charge in [0, 0.05) is 26.1 Å². The van der Waals surface area contributed by atoms with E-state index in [9.17, 15) is 4.79 Å². The first-order chi connectivity index (χ1) is 9.78. The Morgan fingerprint density at radius 1 is 1.40 bits per heavy atom. The van der Waals surface area contributed by atoms with Crippen molar-refractivity contribution in [2.45, 2.75) is 12.8 Å². The second kappa shape index (κ2) is 5.32. The maximum Gasteiger partial charge on any atom is 0.226 e. The first-order valence-electron chi connectivity index (χ1n) is 6.68. The fraction of sp³-hybridized carbons (Fsp3) is 0.500. The number of amides is 1. The molecule has 1 aliphatic rings. The van der Waals surface area contributed by atoms with Crippen LogP contribution in [0.3, 0.4) is 0 Å². The van der Waals surface area contributed by atoms with Gasteiger partial charge in [0.2, 0.25) is 11.9 Å². The molecule has 0 saturated heterocycles. The van der Waals surface area contributed by atoms with E-state index in [1.165, 1.54) is 0 Å². The Morgan fingerprint density at radius 3 is 3.00 bits per heavy atom. The number of fused-ring (bicyclic) bond motifs is 1. The molecule has 2 heterocycles. The summed E-state index contributed by atoms with van der Waals surface area (Å²) in [4.78, 5) is 20.1. The van der Waals surface area contributed by atoms with Crippen molar-refractivity contribution in [1.29, 1.82) is 0 Å². The smallest absolute Gasteiger partial charge is 0.226 e. The maximum atomic E-state index is 11.5. The first kappa shape index (κ1) is 12.6. The van der Waals surface area contributed by atoms with Gasteiger partial charge in [-0.05, 0) is 12.8 Å². The lowest BCUT2D eigenvalue weighted by Crippen LogP contribution is -2.30. The van der Waals surface area contributed by atoms with Crippen molar-refractivity contribution >= 4 is 28.7 Å². The molecular formula is C12H17N7O. The Morgan fingerprint density at radius 2 is 2.25 bits per heavy atom. The van der Waals surface area contributed by atoms with Crippen molar-refractivity contribution < 1.29 is 4.79 Å². The van der Waals surface area contributed by atoms with Gasteiger partial charge in [0.05, 0.1) is 11.6 Å². The van der Waals surface area contributed by atoms with Crippen LogP contribution in [0, 0.1) is 5.92 Å². The monoisotopic (exact) mass is 275 g/mol. The van der Waals surface area contributed by atoms with Gasteiger partial charge in [-0.15, -0.1) is 0 Å². The lowest BCUT2D eigenvalue weighted by molar-refractivity contribution is -0.122. The predicted molar refractivity (Wildman–Crippen MR) is 75.5 cm³/mol. The highest BCUT2D eigenvalue weighted by atomic mass is 16.2. The maximum absolute atomic E-state index is 11.5. The third-order valence-corrected chi connectivity index (χ3v) is 3.20. The average molecular weight is 275 g/mol. The standard InChI is InChI=1S/C12H17N7O/c1-13-12-17-9(8-6-16-19-10(8)18-12)14-4-5-15-11(20)7-2-3-7/h6-7H,2-5H2,1H3,(H,15,20)(H3,13,14,16,17,18,19). The molecule has 2 aromatic rings. The SMILES string of the molecule is CNc1nc(NCCNC(=O)C2CC2)c2cn[nH]c2n1. The second-order valence-corrected chi connectivity index (χ2v) is 4.77. The van der Waals surface area contributed by atoms with Crippen LogP contribution < -0.4 is 16.0 Å². The minimum absolute atomic E-state index is 0.152. The van der Waals surface area contributed by atoms with Crippen LogP contribution in [0.4, 0.5) is 11.8 Å². The van der Waals surface area contributed by atoms with Gasteiger partial charge in [-0.3, -0.25) is 9.89 Å². The Kier molecular flexibility index (Phi) is 3.36. The third-order valence-electron chi connectivity index (χ3n) is 3.20. The van der Waals surface area contributed by atoms with Crippen molar-refractivity contribution in [1.82, 2.24) is 25.5 Å². The number of nitrogens with one attached hydrogen (secondary N) is 4. The zero-order valence-corrected chi connectivity index (χ0v) is 11.2. The summed E-state index contributed by atoms with van der Waals surface area (Å²) in [6, 6.07) is 0. The molecule has 1 fully saturated rings. The molecule has 0 aliphatic heterocycles. The van der Waals surface area contributed by atoms with Gasteiger partial charge in [0.25, 0.3) is 0 Å². The summed E-state index contributed by atoms with van der Waals surface area (Å²) in [6.45, 7) is 1.19. The zero-order chi connectivity index (χ0) is 13.9. The molecule has 106 valence electrons. The molecule has 0 bridgehead atoms. The fourth-order valence-corrected chi connectivity index (χ4v) is 1.94. The first-order valence-corrected chi connectivity index (χ1v) is 6.68. The van der Waals surface area contributed by atoms with Gasteiger partial charge in [0.15, 0.2) is 5.65 Å². The van der Waals surface area contributed by atoms with E-state index in [0.29, 0.717) is 30.5 Å². The summed E-state index contributed by atoms with van der Waals surface area (Å²) >= 11 is 0. The molecule has 3 rings (SSSR count). The zero-order valence-electron chi connectivity index (χ0n) is 11.2. The van der Waals surface area contributed by atoms with E-state index in [0.717, 1.165) is 18.2 Å². The molecule has 1 amide bonds. The molecular weight excluding hydrogens is 258 g/mol. The second-order valence-electron chi connectivity index (χ2n) is 4.77. The van der Waals surface area contributed by atoms with Gasteiger partial charge in [-0.25, -0.2) is 0 Å². The number of carbonyl (C=O) groups excluding carboxylic acids is 1. The summed E-state index contributed by atoms with van der Waals surface area (Å²) in [5, 5.41) is 16.6. The predicted octanol–water partition coefficient (Wildman–Crippen LogP) is 0.333. The molecule has 0 spiro atoms. The van der Waals surface area contributed by atoms with Crippen molar-refractivity contribution in [3.8, 4) is 0 Å². The van der Waals surface area contributed by atoms with Crippen LogP contribution in [0.5, 0.6) is 0 Å². The van der Waals surface area contributed by atoms with Crippen LogP contribution in [0.25, 0.3) is 11.0 Å². The summed E-state index contributed by atoms with van der Waals surface area (Å²) in [6.07, 6.45) is 3.72. The Labute approximate surface area is 115 Å². The molecule has 4 N–H and O–H groups in total. The largest absolute Gasteiger partial charge is 0.368 e. The van der Waals surface area contributed by atoms with Crippen LogP contribution in [0.1, 0.15) is 12.8 Å². The summed E-state index contributed by atoms with van der Waals surface area (Å²) in [5.41, 5.74) is 0.675. The number of hydrogen-bond donors (Lipinski definition) is 4. The normalized spacial score (nSPS) is 14.2. The van der Waals surface area contributed by atoms with Crippen molar-refractivity contribution in [3.63, 3.8) is 0 Å². The van der Waals surface area contributed by atoms with E-state index < -0.39 is 0 Å². The minimum atomic E-state index is 0.152. The number of nitrogens with zero attached hydrogens (tertiary/aromatic N) is 3. The van der Waals surface area contributed by atoms with Crippen LogP contribution in [-0.2, 0) is 4.79 Å². The van der Waals surface area contributed by atoms with Crippen molar-refractivity contribution in [2.24, 2.45) is 5.92 Å². The van der Waals surface area contributed by atoms with Gasteiger partial charge in [-0.1, -0.05) is 0 Å². The Balaban J connectivity index is 1.61. The van der Waals surface area contributed by atoms with Gasteiger partial charge < -0.3 is 16.0 Å². The topological polar surface area (TPSA) is 108 Å². The third kappa shape index (κ3) is 2.63. The van der Waals surface area contributed by atoms with E-state index in [-0.39, 0.29) is 11.8 Å². The van der Waals surface area contributed by atoms with Crippen LogP contribution in [-0.4, -0.2) is 46.2 Å². The van der Waals surface area contributed by atoms with Gasteiger partial charge in [0.1, 0.15) is 5.82 Å². The van der Waals surface area contributed by atoms with Crippen molar-refractivity contribution in [3.05, 3.63) is 6.20 Å². The van der Waals surface area contributed by atoms with Crippen LogP contribution in [0.15, 0.2) is 6.20 Å². The van der Waals surface area contributed by atoms with Gasteiger partial charge >= 0.3 is 0 Å². The summed E-state index contributed by atoms with van der Waals surface area (Å²) in [5.74, 6) is 1.62. The van der Waals surface area contributed by atoms with E-state index in [1.54, 1.807) is 13.2 Å². The average Bonchev–Trinajstić information content (AvgIpc) is 3.21. The van der Waals surface area contributed by atoms with Crippen LogP contribution in [0.2, 0.25) is 0 Å². The molecule has 0 aromatic carbocycles. The van der Waals surface area contributed by atoms with E-state index in [4.69, 9.17) is 0 Å².